The summed E-state index contributed by atoms with van der Waals surface area (Å²) in [6.45, 7) is 6.12. The van der Waals surface area contributed by atoms with Gasteiger partial charge in [0.05, 0.1) is 12.2 Å². The molecule has 0 aromatic heterocycles. The molecule has 1 fully saturated rings. The highest BCUT2D eigenvalue weighted by Crippen LogP contribution is 2.16. The van der Waals surface area contributed by atoms with Gasteiger partial charge in [0, 0.05) is 18.3 Å². The minimum Gasteiger partial charge on any atom is -0.374 e. The van der Waals surface area contributed by atoms with Crippen LogP contribution in [0.25, 0.3) is 0 Å². The van der Waals surface area contributed by atoms with Crippen molar-refractivity contribution in [1.29, 1.82) is 0 Å². The Labute approximate surface area is 78.5 Å². The summed E-state index contributed by atoms with van der Waals surface area (Å²) in [6.07, 6.45) is 1.74. The Hall–Kier alpha value is 0.230. The van der Waals surface area contributed by atoms with Crippen LogP contribution >= 0.6 is 11.9 Å². The molecular formula is C8H18N2OS. The monoisotopic (exact) mass is 190 g/mol. The van der Waals surface area contributed by atoms with E-state index in [0.717, 1.165) is 19.5 Å². The van der Waals surface area contributed by atoms with Gasteiger partial charge in [-0.1, -0.05) is 11.9 Å². The standard InChI is InChI=1S/C8H18N2OS/c1-6(2)11-7-3-8(12-9)5-10-4-7/h6-8,10H,3-5,9H2,1-2H3. The number of nitrogens with two attached hydrogens (primary N) is 1. The average Bonchev–Trinajstić information content (AvgIpc) is 2.03. The second-order valence-corrected chi connectivity index (χ2v) is 4.40. The Balaban J connectivity index is 2.25. The van der Waals surface area contributed by atoms with E-state index >= 15 is 0 Å². The van der Waals surface area contributed by atoms with Crippen LogP contribution in [0.2, 0.25) is 0 Å². The predicted molar refractivity (Wildman–Crippen MR) is 53.1 cm³/mol. The molecule has 1 aliphatic heterocycles. The lowest BCUT2D eigenvalue weighted by molar-refractivity contribution is -0.00300. The van der Waals surface area contributed by atoms with Crippen molar-refractivity contribution in [3.8, 4) is 0 Å². The van der Waals surface area contributed by atoms with Gasteiger partial charge in [0.2, 0.25) is 0 Å². The lowest BCUT2D eigenvalue weighted by Crippen LogP contribution is -2.43. The highest BCUT2D eigenvalue weighted by molar-refractivity contribution is 7.97. The van der Waals surface area contributed by atoms with Crippen LogP contribution in [-0.2, 0) is 4.74 Å². The summed E-state index contributed by atoms with van der Waals surface area (Å²) in [5.41, 5.74) is 0. The Morgan fingerprint density at radius 2 is 2.25 bits per heavy atom. The summed E-state index contributed by atoms with van der Waals surface area (Å²) < 4.78 is 5.69. The van der Waals surface area contributed by atoms with Crippen molar-refractivity contribution in [2.75, 3.05) is 13.1 Å². The first kappa shape index (κ1) is 10.3. The fourth-order valence-electron chi connectivity index (χ4n) is 1.46. The van der Waals surface area contributed by atoms with Gasteiger partial charge < -0.3 is 10.1 Å². The van der Waals surface area contributed by atoms with Gasteiger partial charge in [0.15, 0.2) is 0 Å². The molecule has 1 aliphatic rings. The van der Waals surface area contributed by atoms with E-state index in [1.807, 2.05) is 0 Å². The molecule has 0 aromatic rings. The molecule has 0 bridgehead atoms. The predicted octanol–water partition coefficient (Wildman–Crippen LogP) is 0.749. The summed E-state index contributed by atoms with van der Waals surface area (Å²) in [4.78, 5) is 0. The fraction of sp³-hybridized carbons (Fsp3) is 1.00. The van der Waals surface area contributed by atoms with Crippen LogP contribution in [-0.4, -0.2) is 30.5 Å². The highest BCUT2D eigenvalue weighted by atomic mass is 32.2. The minimum absolute atomic E-state index is 0.318. The van der Waals surface area contributed by atoms with Gasteiger partial charge in [-0.25, -0.2) is 0 Å². The van der Waals surface area contributed by atoms with E-state index in [1.165, 1.54) is 11.9 Å². The van der Waals surface area contributed by atoms with Crippen LogP contribution in [0, 0.1) is 0 Å². The van der Waals surface area contributed by atoms with Gasteiger partial charge in [-0.05, 0) is 20.3 Å². The second kappa shape index (κ2) is 5.07. The third-order valence-electron chi connectivity index (χ3n) is 1.93. The first-order chi connectivity index (χ1) is 5.72. The zero-order valence-electron chi connectivity index (χ0n) is 7.75. The Morgan fingerprint density at radius 1 is 1.50 bits per heavy atom. The molecule has 2 atom stereocenters. The lowest BCUT2D eigenvalue weighted by atomic mass is 10.1. The zero-order chi connectivity index (χ0) is 8.97. The fourth-order valence-corrected chi connectivity index (χ4v) is 2.00. The molecule has 3 N–H and O–H groups in total. The lowest BCUT2D eigenvalue weighted by Gasteiger charge is -2.29. The van der Waals surface area contributed by atoms with Crippen molar-refractivity contribution in [1.82, 2.24) is 5.32 Å². The number of hydrogen-bond acceptors (Lipinski definition) is 4. The summed E-state index contributed by atoms with van der Waals surface area (Å²) in [5, 5.41) is 9.35. The normalized spacial score (nSPS) is 31.0. The van der Waals surface area contributed by atoms with E-state index in [-0.39, 0.29) is 0 Å². The molecule has 4 heteroatoms. The van der Waals surface area contributed by atoms with Gasteiger partial charge in [0.25, 0.3) is 0 Å². The maximum atomic E-state index is 5.69. The molecule has 1 rings (SSSR count). The van der Waals surface area contributed by atoms with E-state index in [2.05, 4.69) is 19.2 Å². The molecule has 0 spiro atoms. The van der Waals surface area contributed by atoms with Crippen LogP contribution in [0.4, 0.5) is 0 Å². The Bertz CT molecular complexity index is 132. The van der Waals surface area contributed by atoms with Gasteiger partial charge in [-0.3, -0.25) is 5.14 Å². The summed E-state index contributed by atoms with van der Waals surface area (Å²) in [6, 6.07) is 0. The van der Waals surface area contributed by atoms with Crippen LogP contribution < -0.4 is 10.5 Å². The maximum absolute atomic E-state index is 5.69. The number of piperidine rings is 1. The van der Waals surface area contributed by atoms with Crippen LogP contribution in [0.15, 0.2) is 0 Å². The van der Waals surface area contributed by atoms with Gasteiger partial charge in [-0.15, -0.1) is 0 Å². The quantitative estimate of drug-likeness (QED) is 0.645. The van der Waals surface area contributed by atoms with Crippen molar-refractivity contribution in [2.45, 2.75) is 37.7 Å². The zero-order valence-corrected chi connectivity index (χ0v) is 8.56. The molecule has 0 aromatic carbocycles. The third kappa shape index (κ3) is 3.31. The number of nitrogens with one attached hydrogen (secondary N) is 1. The van der Waals surface area contributed by atoms with E-state index in [1.54, 1.807) is 0 Å². The van der Waals surface area contributed by atoms with Crippen molar-refractivity contribution in [2.24, 2.45) is 5.14 Å². The first-order valence-electron chi connectivity index (χ1n) is 4.44. The van der Waals surface area contributed by atoms with Gasteiger partial charge in [-0.2, -0.15) is 0 Å². The summed E-state index contributed by atoms with van der Waals surface area (Å²) in [5.74, 6) is 0. The highest BCUT2D eigenvalue weighted by Gasteiger charge is 2.22. The summed E-state index contributed by atoms with van der Waals surface area (Å²) >= 11 is 1.43. The van der Waals surface area contributed by atoms with E-state index < -0.39 is 0 Å². The molecule has 1 saturated heterocycles. The van der Waals surface area contributed by atoms with E-state index in [9.17, 15) is 0 Å². The number of ether oxygens (including phenoxy) is 1. The molecular weight excluding hydrogens is 172 g/mol. The van der Waals surface area contributed by atoms with E-state index in [0.29, 0.717) is 17.5 Å². The SMILES string of the molecule is CC(C)OC1CNCC(SN)C1. The van der Waals surface area contributed by atoms with Crippen LogP contribution in [0.5, 0.6) is 0 Å². The third-order valence-corrected chi connectivity index (χ3v) is 2.67. The average molecular weight is 190 g/mol. The molecule has 72 valence electrons. The van der Waals surface area contributed by atoms with Crippen LogP contribution in [0.1, 0.15) is 20.3 Å². The maximum Gasteiger partial charge on any atom is 0.0714 e. The summed E-state index contributed by atoms with van der Waals surface area (Å²) in [7, 11) is 0. The molecule has 3 nitrogen and oxygen atoms in total. The smallest absolute Gasteiger partial charge is 0.0714 e. The molecule has 0 aliphatic carbocycles. The molecule has 2 unspecified atom stereocenters. The second-order valence-electron chi connectivity index (χ2n) is 3.46. The van der Waals surface area contributed by atoms with Gasteiger partial charge in [0.1, 0.15) is 0 Å². The Morgan fingerprint density at radius 3 is 2.83 bits per heavy atom. The molecule has 1 heterocycles. The van der Waals surface area contributed by atoms with Crippen molar-refractivity contribution >= 4 is 11.9 Å². The topological polar surface area (TPSA) is 47.3 Å². The van der Waals surface area contributed by atoms with Gasteiger partial charge >= 0.3 is 0 Å². The molecule has 0 saturated carbocycles. The first-order valence-corrected chi connectivity index (χ1v) is 5.38. The molecule has 12 heavy (non-hydrogen) atoms. The van der Waals surface area contributed by atoms with Crippen molar-refractivity contribution in [3.05, 3.63) is 0 Å². The van der Waals surface area contributed by atoms with E-state index in [4.69, 9.17) is 9.88 Å². The van der Waals surface area contributed by atoms with Crippen molar-refractivity contribution in [3.63, 3.8) is 0 Å². The number of hydrogen-bond donors (Lipinski definition) is 2. The van der Waals surface area contributed by atoms with Crippen LogP contribution in [0.3, 0.4) is 0 Å². The largest absolute Gasteiger partial charge is 0.374 e. The minimum atomic E-state index is 0.318. The molecule has 0 radical (unpaired) electrons. The number of rotatable bonds is 3. The Kier molecular flexibility index (Phi) is 4.35. The molecule has 0 amide bonds. The van der Waals surface area contributed by atoms with Crippen molar-refractivity contribution < 1.29 is 4.74 Å².